The van der Waals surface area contributed by atoms with Crippen LogP contribution in [0.4, 0.5) is 0 Å². The van der Waals surface area contributed by atoms with E-state index >= 15 is 0 Å². The molecule has 0 spiro atoms. The van der Waals surface area contributed by atoms with Crippen molar-refractivity contribution in [2.24, 2.45) is 0 Å². The van der Waals surface area contributed by atoms with Crippen molar-refractivity contribution >= 4 is 17.8 Å². The van der Waals surface area contributed by atoms with Gasteiger partial charge in [0.25, 0.3) is 11.8 Å². The molecule has 2 amide bonds. The minimum Gasteiger partial charge on any atom is -0.466 e. The Kier molecular flexibility index (Phi) is 3.29. The standard InChI is InChI=1S/C16H13NO5/c1-9-7-13(10(2)22-9)16(20)21-8-17-14(18)11-5-3-4-6-12(11)15(17)19/h3-7H,8H2,1-2H3. The number of fused-ring (bicyclic) bond motifs is 1. The minimum atomic E-state index is -0.633. The summed E-state index contributed by atoms with van der Waals surface area (Å²) in [6.07, 6.45) is 0. The molecule has 0 saturated carbocycles. The van der Waals surface area contributed by atoms with Gasteiger partial charge in [0.15, 0.2) is 6.73 Å². The Morgan fingerprint density at radius 2 is 1.73 bits per heavy atom. The molecule has 0 fully saturated rings. The minimum absolute atomic E-state index is 0.286. The number of ether oxygens (including phenoxy) is 1. The Morgan fingerprint density at radius 1 is 1.14 bits per heavy atom. The predicted molar refractivity (Wildman–Crippen MR) is 75.4 cm³/mol. The number of carbonyl (C=O) groups excluding carboxylic acids is 3. The summed E-state index contributed by atoms with van der Waals surface area (Å²) in [6, 6.07) is 8.05. The Balaban J connectivity index is 1.73. The topological polar surface area (TPSA) is 76.8 Å². The van der Waals surface area contributed by atoms with Crippen LogP contribution in [0.3, 0.4) is 0 Å². The molecule has 0 N–H and O–H groups in total. The number of rotatable bonds is 3. The molecule has 6 nitrogen and oxygen atoms in total. The van der Waals surface area contributed by atoms with Crippen molar-refractivity contribution in [3.63, 3.8) is 0 Å². The van der Waals surface area contributed by atoms with E-state index in [-0.39, 0.29) is 5.56 Å². The van der Waals surface area contributed by atoms with Gasteiger partial charge in [-0.25, -0.2) is 9.69 Å². The largest absolute Gasteiger partial charge is 0.466 e. The Labute approximate surface area is 126 Å². The van der Waals surface area contributed by atoms with Crippen LogP contribution in [0.5, 0.6) is 0 Å². The molecular weight excluding hydrogens is 286 g/mol. The fourth-order valence-electron chi connectivity index (χ4n) is 2.39. The summed E-state index contributed by atoms with van der Waals surface area (Å²) in [5.74, 6) is -0.539. The molecule has 6 heteroatoms. The Morgan fingerprint density at radius 3 is 2.23 bits per heavy atom. The molecule has 0 unspecified atom stereocenters. The van der Waals surface area contributed by atoms with Crippen LogP contribution < -0.4 is 0 Å². The zero-order valence-corrected chi connectivity index (χ0v) is 12.1. The van der Waals surface area contributed by atoms with Gasteiger partial charge in [-0.3, -0.25) is 9.59 Å². The van der Waals surface area contributed by atoms with Gasteiger partial charge in [0.2, 0.25) is 0 Å². The van der Waals surface area contributed by atoms with Crippen molar-refractivity contribution in [1.82, 2.24) is 4.90 Å². The molecular formula is C16H13NO5. The lowest BCUT2D eigenvalue weighted by Crippen LogP contribution is -2.33. The third-order valence-electron chi connectivity index (χ3n) is 3.46. The highest BCUT2D eigenvalue weighted by atomic mass is 16.5. The van der Waals surface area contributed by atoms with Crippen LogP contribution >= 0.6 is 0 Å². The van der Waals surface area contributed by atoms with E-state index in [2.05, 4.69) is 0 Å². The molecule has 1 aromatic heterocycles. The first kappa shape index (κ1) is 14.1. The molecule has 112 valence electrons. The number of esters is 1. The molecule has 0 atom stereocenters. The van der Waals surface area contributed by atoms with Gasteiger partial charge in [-0.1, -0.05) is 12.1 Å². The van der Waals surface area contributed by atoms with E-state index in [0.717, 1.165) is 4.90 Å². The fraction of sp³-hybridized carbons (Fsp3) is 0.188. The first-order valence-corrected chi connectivity index (χ1v) is 6.68. The Hall–Kier alpha value is -2.89. The molecule has 3 rings (SSSR count). The van der Waals surface area contributed by atoms with Crippen LogP contribution in [0.15, 0.2) is 34.7 Å². The first-order chi connectivity index (χ1) is 10.5. The lowest BCUT2D eigenvalue weighted by molar-refractivity contribution is 0.0227. The van der Waals surface area contributed by atoms with E-state index in [4.69, 9.17) is 9.15 Å². The second-order valence-electron chi connectivity index (χ2n) is 4.97. The third-order valence-corrected chi connectivity index (χ3v) is 3.46. The van der Waals surface area contributed by atoms with Crippen molar-refractivity contribution in [1.29, 1.82) is 0 Å². The molecule has 1 aliphatic heterocycles. The number of furan rings is 1. The molecule has 1 aromatic carbocycles. The number of benzene rings is 1. The second kappa shape index (κ2) is 5.14. The van der Waals surface area contributed by atoms with E-state index in [9.17, 15) is 14.4 Å². The van der Waals surface area contributed by atoms with Crippen molar-refractivity contribution < 1.29 is 23.5 Å². The van der Waals surface area contributed by atoms with Crippen LogP contribution in [0.25, 0.3) is 0 Å². The van der Waals surface area contributed by atoms with Crippen molar-refractivity contribution in [2.45, 2.75) is 13.8 Å². The predicted octanol–water partition coefficient (Wildman–Crippen LogP) is 2.31. The normalized spacial score (nSPS) is 13.5. The molecule has 22 heavy (non-hydrogen) atoms. The summed E-state index contributed by atoms with van der Waals surface area (Å²) >= 11 is 0. The number of amides is 2. The SMILES string of the molecule is Cc1cc(C(=O)OCN2C(=O)c3ccccc3C2=O)c(C)o1. The maximum absolute atomic E-state index is 12.1. The lowest BCUT2D eigenvalue weighted by atomic mass is 10.1. The van der Waals surface area contributed by atoms with Gasteiger partial charge in [0, 0.05) is 0 Å². The highest BCUT2D eigenvalue weighted by Gasteiger charge is 2.35. The molecule has 0 radical (unpaired) electrons. The summed E-state index contributed by atoms with van der Waals surface area (Å²) in [5.41, 5.74) is 0.923. The number of nitrogens with zero attached hydrogens (tertiary/aromatic N) is 1. The summed E-state index contributed by atoms with van der Waals surface area (Å²) in [4.78, 5) is 37.1. The second-order valence-corrected chi connectivity index (χ2v) is 4.97. The van der Waals surface area contributed by atoms with Crippen molar-refractivity contribution in [3.05, 3.63) is 58.5 Å². The number of hydrogen-bond acceptors (Lipinski definition) is 5. The summed E-state index contributed by atoms with van der Waals surface area (Å²) in [7, 11) is 0. The lowest BCUT2D eigenvalue weighted by Gasteiger charge is -2.13. The average molecular weight is 299 g/mol. The zero-order valence-electron chi connectivity index (χ0n) is 12.1. The maximum atomic E-state index is 12.1. The highest BCUT2D eigenvalue weighted by Crippen LogP contribution is 2.22. The van der Waals surface area contributed by atoms with E-state index in [1.165, 1.54) is 0 Å². The van der Waals surface area contributed by atoms with E-state index < -0.39 is 24.5 Å². The summed E-state index contributed by atoms with van der Waals surface area (Å²) < 4.78 is 10.3. The van der Waals surface area contributed by atoms with Gasteiger partial charge in [-0.2, -0.15) is 0 Å². The molecule has 0 saturated heterocycles. The molecule has 1 aliphatic rings. The van der Waals surface area contributed by atoms with Gasteiger partial charge < -0.3 is 9.15 Å². The molecule has 2 heterocycles. The van der Waals surface area contributed by atoms with E-state index in [0.29, 0.717) is 22.6 Å². The molecule has 0 bridgehead atoms. The number of imide groups is 1. The van der Waals surface area contributed by atoms with Gasteiger partial charge >= 0.3 is 5.97 Å². The van der Waals surface area contributed by atoms with Crippen LogP contribution in [0.1, 0.15) is 42.6 Å². The smallest absolute Gasteiger partial charge is 0.343 e. The number of aryl methyl sites for hydroxylation is 2. The summed E-state index contributed by atoms with van der Waals surface area (Å²) in [5, 5.41) is 0. The highest BCUT2D eigenvalue weighted by molar-refractivity contribution is 6.21. The zero-order chi connectivity index (χ0) is 15.9. The fourth-order valence-corrected chi connectivity index (χ4v) is 2.39. The van der Waals surface area contributed by atoms with Crippen LogP contribution in [-0.4, -0.2) is 29.4 Å². The van der Waals surface area contributed by atoms with E-state index in [1.807, 2.05) is 0 Å². The van der Waals surface area contributed by atoms with Crippen molar-refractivity contribution in [3.8, 4) is 0 Å². The van der Waals surface area contributed by atoms with Gasteiger partial charge in [-0.15, -0.1) is 0 Å². The van der Waals surface area contributed by atoms with E-state index in [1.54, 1.807) is 44.2 Å². The van der Waals surface area contributed by atoms with Crippen LogP contribution in [-0.2, 0) is 4.74 Å². The summed E-state index contributed by atoms with van der Waals surface area (Å²) in [6.45, 7) is 2.94. The monoisotopic (exact) mass is 299 g/mol. The maximum Gasteiger partial charge on any atom is 0.343 e. The first-order valence-electron chi connectivity index (χ1n) is 6.68. The van der Waals surface area contributed by atoms with Gasteiger partial charge in [0.05, 0.1) is 11.1 Å². The van der Waals surface area contributed by atoms with Crippen LogP contribution in [0, 0.1) is 13.8 Å². The Bertz CT molecular complexity index is 755. The van der Waals surface area contributed by atoms with Gasteiger partial charge in [-0.05, 0) is 32.0 Å². The van der Waals surface area contributed by atoms with Crippen LogP contribution in [0.2, 0.25) is 0 Å². The molecule has 2 aromatic rings. The quantitative estimate of drug-likeness (QED) is 0.642. The van der Waals surface area contributed by atoms with Gasteiger partial charge in [0.1, 0.15) is 17.1 Å². The average Bonchev–Trinajstić information content (AvgIpc) is 2.96. The third kappa shape index (κ3) is 2.18. The van der Waals surface area contributed by atoms with Crippen molar-refractivity contribution in [2.75, 3.05) is 6.73 Å². The molecule has 0 aliphatic carbocycles. The number of carbonyl (C=O) groups is 3. The number of hydrogen-bond donors (Lipinski definition) is 0.